The van der Waals surface area contributed by atoms with Crippen LogP contribution in [-0.2, 0) is 4.79 Å². The van der Waals surface area contributed by atoms with Crippen molar-refractivity contribution < 1.29 is 4.79 Å². The molecule has 0 atom stereocenters. The Balaban J connectivity index is 2.66. The second-order valence-electron chi connectivity index (χ2n) is 3.23. The summed E-state index contributed by atoms with van der Waals surface area (Å²) >= 11 is 0. The molecule has 1 aromatic rings. The van der Waals surface area contributed by atoms with E-state index in [2.05, 4.69) is 10.9 Å². The Morgan fingerprint density at radius 3 is 2.50 bits per heavy atom. The Labute approximate surface area is 96.1 Å². The summed E-state index contributed by atoms with van der Waals surface area (Å²) in [5.74, 6) is 2.61. The second-order valence-corrected chi connectivity index (χ2v) is 3.23. The van der Waals surface area contributed by atoms with Gasteiger partial charge in [0.25, 0.3) is 5.91 Å². The van der Waals surface area contributed by atoms with E-state index in [-0.39, 0.29) is 5.91 Å². The van der Waals surface area contributed by atoms with Gasteiger partial charge in [-0.2, -0.15) is 0 Å². The maximum Gasteiger partial charge on any atom is 0.255 e. The first-order valence-corrected chi connectivity index (χ1v) is 5.41. The SMILES string of the molecule is CCN(CC)C(=O)C=C=Nc1ccccc1. The molecule has 0 aliphatic carbocycles. The van der Waals surface area contributed by atoms with Gasteiger partial charge in [0, 0.05) is 13.1 Å². The van der Waals surface area contributed by atoms with Crippen LogP contribution in [0.15, 0.2) is 41.4 Å². The van der Waals surface area contributed by atoms with Gasteiger partial charge in [0.15, 0.2) is 0 Å². The van der Waals surface area contributed by atoms with Crippen LogP contribution in [0, 0.1) is 0 Å². The molecule has 0 fully saturated rings. The average molecular weight is 216 g/mol. The molecule has 1 aromatic carbocycles. The first kappa shape index (κ1) is 12.2. The van der Waals surface area contributed by atoms with Crippen LogP contribution < -0.4 is 0 Å². The van der Waals surface area contributed by atoms with Gasteiger partial charge in [0.1, 0.15) is 0 Å². The van der Waals surface area contributed by atoms with Crippen LogP contribution in [0.3, 0.4) is 0 Å². The quantitative estimate of drug-likeness (QED) is 0.562. The smallest absolute Gasteiger partial charge is 0.255 e. The molecule has 0 aliphatic rings. The molecule has 0 saturated carbocycles. The standard InChI is InChI=1S/C13H16N2O/c1-3-15(4-2)13(16)10-11-14-12-8-6-5-7-9-12/h5-10H,3-4H2,1-2H3. The van der Waals surface area contributed by atoms with E-state index in [0.29, 0.717) is 13.1 Å². The van der Waals surface area contributed by atoms with Gasteiger partial charge in [-0.05, 0) is 31.9 Å². The first-order chi connectivity index (χ1) is 7.77. The zero-order chi connectivity index (χ0) is 11.8. The molecule has 0 heterocycles. The molecule has 0 aromatic heterocycles. The third-order valence-corrected chi connectivity index (χ3v) is 2.21. The number of nitrogens with zero attached hydrogens (tertiary/aromatic N) is 2. The van der Waals surface area contributed by atoms with E-state index < -0.39 is 0 Å². The van der Waals surface area contributed by atoms with Gasteiger partial charge in [-0.15, -0.1) is 0 Å². The van der Waals surface area contributed by atoms with Crippen LogP contribution in [0.25, 0.3) is 0 Å². The van der Waals surface area contributed by atoms with Crippen molar-refractivity contribution in [1.82, 2.24) is 4.90 Å². The van der Waals surface area contributed by atoms with E-state index in [9.17, 15) is 4.79 Å². The summed E-state index contributed by atoms with van der Waals surface area (Å²) in [6, 6.07) is 9.44. The Hall–Kier alpha value is -1.86. The fourth-order valence-corrected chi connectivity index (χ4v) is 1.29. The number of hydrogen-bond acceptors (Lipinski definition) is 2. The van der Waals surface area contributed by atoms with E-state index in [0.717, 1.165) is 5.69 Å². The second kappa shape index (κ2) is 6.59. The van der Waals surface area contributed by atoms with Crippen molar-refractivity contribution in [3.05, 3.63) is 36.4 Å². The molecular weight excluding hydrogens is 200 g/mol. The minimum Gasteiger partial charge on any atom is -0.339 e. The molecule has 0 aliphatic heterocycles. The molecule has 3 nitrogen and oxygen atoms in total. The summed E-state index contributed by atoms with van der Waals surface area (Å²) in [5, 5.41) is 0. The molecular formula is C13H16N2O. The molecule has 0 N–H and O–H groups in total. The van der Waals surface area contributed by atoms with Crippen molar-refractivity contribution in [3.63, 3.8) is 0 Å². The topological polar surface area (TPSA) is 32.7 Å². The monoisotopic (exact) mass is 216 g/mol. The lowest BCUT2D eigenvalue weighted by Crippen LogP contribution is -2.28. The van der Waals surface area contributed by atoms with Crippen LogP contribution in [-0.4, -0.2) is 29.8 Å². The highest BCUT2D eigenvalue weighted by molar-refractivity contribution is 5.95. The molecule has 1 rings (SSSR count). The highest BCUT2D eigenvalue weighted by Crippen LogP contribution is 2.07. The fraction of sp³-hybridized carbons (Fsp3) is 0.308. The maximum absolute atomic E-state index is 11.5. The van der Waals surface area contributed by atoms with Gasteiger partial charge in [-0.3, -0.25) is 4.79 Å². The van der Waals surface area contributed by atoms with E-state index in [1.807, 2.05) is 44.2 Å². The number of carbonyl (C=O) groups excluding carboxylic acids is 1. The minimum absolute atomic E-state index is 0.0512. The molecule has 0 spiro atoms. The minimum atomic E-state index is -0.0512. The number of aliphatic imine (C=N–C) groups is 1. The van der Waals surface area contributed by atoms with Gasteiger partial charge >= 0.3 is 0 Å². The zero-order valence-electron chi connectivity index (χ0n) is 9.68. The van der Waals surface area contributed by atoms with Crippen molar-refractivity contribution in [2.45, 2.75) is 13.8 Å². The lowest BCUT2D eigenvalue weighted by atomic mass is 10.3. The molecule has 0 bridgehead atoms. The molecule has 16 heavy (non-hydrogen) atoms. The molecule has 3 heteroatoms. The molecule has 1 amide bonds. The molecule has 0 saturated heterocycles. The van der Waals surface area contributed by atoms with Crippen molar-refractivity contribution in [2.24, 2.45) is 4.99 Å². The van der Waals surface area contributed by atoms with Crippen LogP contribution in [0.1, 0.15) is 13.8 Å². The molecule has 84 valence electrons. The van der Waals surface area contributed by atoms with Crippen LogP contribution in [0.2, 0.25) is 0 Å². The van der Waals surface area contributed by atoms with Crippen LogP contribution in [0.5, 0.6) is 0 Å². The van der Waals surface area contributed by atoms with Crippen LogP contribution in [0.4, 0.5) is 5.69 Å². The molecule has 0 radical (unpaired) electrons. The van der Waals surface area contributed by atoms with Gasteiger partial charge < -0.3 is 4.90 Å². The predicted octanol–water partition coefficient (Wildman–Crippen LogP) is 2.41. The summed E-state index contributed by atoms with van der Waals surface area (Å²) in [7, 11) is 0. The van der Waals surface area contributed by atoms with E-state index in [1.165, 1.54) is 6.08 Å². The normalized spacial score (nSPS) is 9.12. The number of benzene rings is 1. The maximum atomic E-state index is 11.5. The Morgan fingerprint density at radius 1 is 1.31 bits per heavy atom. The highest BCUT2D eigenvalue weighted by Gasteiger charge is 2.03. The first-order valence-electron chi connectivity index (χ1n) is 5.41. The van der Waals surface area contributed by atoms with Crippen molar-refractivity contribution in [3.8, 4) is 0 Å². The van der Waals surface area contributed by atoms with Crippen LogP contribution >= 0.6 is 0 Å². The zero-order valence-corrected chi connectivity index (χ0v) is 9.68. The van der Waals surface area contributed by atoms with Gasteiger partial charge in [0.2, 0.25) is 0 Å². The lowest BCUT2D eigenvalue weighted by Gasteiger charge is -2.14. The Morgan fingerprint density at radius 2 is 1.94 bits per heavy atom. The van der Waals surface area contributed by atoms with E-state index in [4.69, 9.17) is 0 Å². The summed E-state index contributed by atoms with van der Waals surface area (Å²) < 4.78 is 0. The van der Waals surface area contributed by atoms with Crippen molar-refractivity contribution >= 4 is 17.5 Å². The van der Waals surface area contributed by atoms with Gasteiger partial charge in [-0.1, -0.05) is 18.2 Å². The Bertz CT molecular complexity index is 388. The average Bonchev–Trinajstić information content (AvgIpc) is 2.32. The summed E-state index contributed by atoms with van der Waals surface area (Å²) in [4.78, 5) is 17.3. The third-order valence-electron chi connectivity index (χ3n) is 2.21. The lowest BCUT2D eigenvalue weighted by molar-refractivity contribution is -0.125. The van der Waals surface area contributed by atoms with Gasteiger partial charge in [0.05, 0.1) is 11.8 Å². The van der Waals surface area contributed by atoms with E-state index in [1.54, 1.807) is 4.90 Å². The number of likely N-dealkylation sites (N-methyl/N-ethyl adjacent to an activating group) is 1. The summed E-state index contributed by atoms with van der Waals surface area (Å²) in [6.07, 6.45) is 1.38. The predicted molar refractivity (Wildman–Crippen MR) is 66.0 cm³/mol. The largest absolute Gasteiger partial charge is 0.339 e. The number of hydrogen-bond donors (Lipinski definition) is 0. The van der Waals surface area contributed by atoms with Crippen molar-refractivity contribution in [1.29, 1.82) is 0 Å². The number of carbonyl (C=O) groups is 1. The van der Waals surface area contributed by atoms with Crippen molar-refractivity contribution in [2.75, 3.05) is 13.1 Å². The highest BCUT2D eigenvalue weighted by atomic mass is 16.2. The fourth-order valence-electron chi connectivity index (χ4n) is 1.29. The summed E-state index contributed by atoms with van der Waals surface area (Å²) in [5.41, 5.74) is 0.797. The van der Waals surface area contributed by atoms with Gasteiger partial charge in [-0.25, -0.2) is 4.99 Å². The molecule has 0 unspecified atom stereocenters. The van der Waals surface area contributed by atoms with E-state index >= 15 is 0 Å². The number of rotatable bonds is 4. The number of amides is 1. The Kier molecular flexibility index (Phi) is 5.03. The number of para-hydroxylation sites is 1. The third kappa shape index (κ3) is 3.71. The summed E-state index contributed by atoms with van der Waals surface area (Å²) in [6.45, 7) is 5.31.